The lowest BCUT2D eigenvalue weighted by molar-refractivity contribution is -0.143. The number of benzene rings is 2. The highest BCUT2D eigenvalue weighted by atomic mass is 35.5. The van der Waals surface area contributed by atoms with Gasteiger partial charge >= 0.3 is 0 Å². The number of amides is 2. The fourth-order valence-electron chi connectivity index (χ4n) is 4.23. The maximum Gasteiger partial charge on any atom is 0.261 e. The Balaban J connectivity index is 1.74. The third-order valence-electron chi connectivity index (χ3n) is 5.95. The molecule has 6 heteroatoms. The molecule has 0 spiro atoms. The molecule has 0 aliphatic heterocycles. The first kappa shape index (κ1) is 24.1. The SMILES string of the molecule is CCC(C(=O)NC1CCCCC1)N(Cc1cccc(C)c1)C(=O)COc1ccc(Cl)cc1. The predicted octanol–water partition coefficient (Wildman–Crippen LogP) is 5.28. The topological polar surface area (TPSA) is 58.6 Å². The van der Waals surface area contributed by atoms with Crippen LogP contribution in [0.2, 0.25) is 5.02 Å². The quantitative estimate of drug-likeness (QED) is 0.558. The third-order valence-corrected chi connectivity index (χ3v) is 6.20. The molecule has 2 aromatic carbocycles. The van der Waals surface area contributed by atoms with Crippen LogP contribution in [-0.4, -0.2) is 35.4 Å². The van der Waals surface area contributed by atoms with Crippen molar-refractivity contribution < 1.29 is 14.3 Å². The zero-order valence-corrected chi connectivity index (χ0v) is 19.7. The summed E-state index contributed by atoms with van der Waals surface area (Å²) < 4.78 is 5.71. The summed E-state index contributed by atoms with van der Waals surface area (Å²) in [6.45, 7) is 4.19. The van der Waals surface area contributed by atoms with Crippen molar-refractivity contribution in [1.82, 2.24) is 10.2 Å². The van der Waals surface area contributed by atoms with E-state index in [1.165, 1.54) is 6.42 Å². The van der Waals surface area contributed by atoms with Gasteiger partial charge < -0.3 is 15.0 Å². The van der Waals surface area contributed by atoms with Crippen molar-refractivity contribution in [3.63, 3.8) is 0 Å². The van der Waals surface area contributed by atoms with Crippen LogP contribution in [0.1, 0.15) is 56.6 Å². The Kier molecular flexibility index (Phi) is 8.98. The van der Waals surface area contributed by atoms with Crippen LogP contribution in [0.5, 0.6) is 5.75 Å². The number of halogens is 1. The van der Waals surface area contributed by atoms with Crippen LogP contribution in [0.4, 0.5) is 0 Å². The van der Waals surface area contributed by atoms with Gasteiger partial charge in [-0.05, 0) is 56.0 Å². The third kappa shape index (κ3) is 6.99. The Morgan fingerprint density at radius 2 is 1.84 bits per heavy atom. The number of carbonyl (C=O) groups excluding carboxylic acids is 2. The fraction of sp³-hybridized carbons (Fsp3) is 0.462. The molecule has 1 N–H and O–H groups in total. The largest absolute Gasteiger partial charge is 0.484 e. The first-order valence-electron chi connectivity index (χ1n) is 11.5. The Hall–Kier alpha value is -2.53. The first-order chi connectivity index (χ1) is 15.5. The zero-order chi connectivity index (χ0) is 22.9. The molecule has 1 fully saturated rings. The molecule has 0 bridgehead atoms. The summed E-state index contributed by atoms with van der Waals surface area (Å²) >= 11 is 5.93. The van der Waals surface area contributed by atoms with Gasteiger partial charge in [0.15, 0.2) is 6.61 Å². The summed E-state index contributed by atoms with van der Waals surface area (Å²) in [5.41, 5.74) is 2.11. The maximum absolute atomic E-state index is 13.3. The van der Waals surface area contributed by atoms with E-state index >= 15 is 0 Å². The molecule has 1 atom stereocenters. The molecule has 2 aromatic rings. The zero-order valence-electron chi connectivity index (χ0n) is 19.0. The van der Waals surface area contributed by atoms with Gasteiger partial charge in [0.1, 0.15) is 11.8 Å². The number of nitrogens with one attached hydrogen (secondary N) is 1. The van der Waals surface area contributed by atoms with E-state index in [2.05, 4.69) is 5.32 Å². The Morgan fingerprint density at radius 1 is 1.12 bits per heavy atom. The van der Waals surface area contributed by atoms with E-state index in [1.54, 1.807) is 29.2 Å². The molecule has 172 valence electrons. The molecule has 1 aliphatic carbocycles. The molecule has 1 unspecified atom stereocenters. The van der Waals surface area contributed by atoms with Crippen LogP contribution in [0.15, 0.2) is 48.5 Å². The number of rotatable bonds is 9. The van der Waals surface area contributed by atoms with Crippen LogP contribution >= 0.6 is 11.6 Å². The van der Waals surface area contributed by atoms with Crippen molar-refractivity contribution in [2.24, 2.45) is 0 Å². The Morgan fingerprint density at radius 3 is 2.50 bits per heavy atom. The molecule has 32 heavy (non-hydrogen) atoms. The molecule has 2 amide bonds. The maximum atomic E-state index is 13.3. The van der Waals surface area contributed by atoms with Gasteiger partial charge in [0.2, 0.25) is 5.91 Å². The summed E-state index contributed by atoms with van der Waals surface area (Å²) in [7, 11) is 0. The molecule has 0 radical (unpaired) electrons. The van der Waals surface area contributed by atoms with E-state index in [1.807, 2.05) is 38.1 Å². The minimum Gasteiger partial charge on any atom is -0.484 e. The Bertz CT molecular complexity index is 894. The van der Waals surface area contributed by atoms with Gasteiger partial charge in [0.25, 0.3) is 5.91 Å². The van der Waals surface area contributed by atoms with E-state index in [0.29, 0.717) is 23.7 Å². The number of nitrogens with zero attached hydrogens (tertiary/aromatic N) is 1. The van der Waals surface area contributed by atoms with Crippen LogP contribution in [0.3, 0.4) is 0 Å². The fourth-order valence-corrected chi connectivity index (χ4v) is 4.36. The predicted molar refractivity (Wildman–Crippen MR) is 128 cm³/mol. The average molecular weight is 457 g/mol. The van der Waals surface area contributed by atoms with Gasteiger partial charge in [-0.15, -0.1) is 0 Å². The summed E-state index contributed by atoms with van der Waals surface area (Å²) in [6, 6.07) is 14.6. The second-order valence-electron chi connectivity index (χ2n) is 8.52. The molecule has 1 aliphatic rings. The molecular formula is C26H33ClN2O3. The second-order valence-corrected chi connectivity index (χ2v) is 8.96. The van der Waals surface area contributed by atoms with E-state index in [-0.39, 0.29) is 24.5 Å². The van der Waals surface area contributed by atoms with Gasteiger partial charge in [-0.2, -0.15) is 0 Å². The summed E-state index contributed by atoms with van der Waals surface area (Å²) in [5.74, 6) is 0.275. The smallest absolute Gasteiger partial charge is 0.261 e. The van der Waals surface area contributed by atoms with Gasteiger partial charge in [0.05, 0.1) is 0 Å². The molecule has 0 heterocycles. The second kappa shape index (κ2) is 11.9. The molecule has 1 saturated carbocycles. The lowest BCUT2D eigenvalue weighted by atomic mass is 9.95. The van der Waals surface area contributed by atoms with E-state index < -0.39 is 6.04 Å². The molecule has 0 saturated heterocycles. The monoisotopic (exact) mass is 456 g/mol. The van der Waals surface area contributed by atoms with E-state index in [4.69, 9.17) is 16.3 Å². The molecule has 0 aromatic heterocycles. The van der Waals surface area contributed by atoms with Crippen LogP contribution in [0.25, 0.3) is 0 Å². The lowest BCUT2D eigenvalue weighted by Crippen LogP contribution is -2.52. The summed E-state index contributed by atoms with van der Waals surface area (Å²) in [5, 5.41) is 3.80. The van der Waals surface area contributed by atoms with Gasteiger partial charge in [-0.1, -0.05) is 67.6 Å². The summed E-state index contributed by atoms with van der Waals surface area (Å²) in [4.78, 5) is 28.1. The van der Waals surface area contributed by atoms with Gasteiger partial charge in [-0.25, -0.2) is 0 Å². The van der Waals surface area contributed by atoms with Crippen molar-refractivity contribution >= 4 is 23.4 Å². The van der Waals surface area contributed by atoms with Crippen molar-refractivity contribution in [1.29, 1.82) is 0 Å². The molecule has 3 rings (SSSR count). The van der Waals surface area contributed by atoms with E-state index in [9.17, 15) is 9.59 Å². The first-order valence-corrected chi connectivity index (χ1v) is 11.9. The highest BCUT2D eigenvalue weighted by Crippen LogP contribution is 2.20. The number of carbonyl (C=O) groups is 2. The highest BCUT2D eigenvalue weighted by molar-refractivity contribution is 6.30. The van der Waals surface area contributed by atoms with Crippen molar-refractivity contribution in [3.8, 4) is 5.75 Å². The van der Waals surface area contributed by atoms with Crippen LogP contribution < -0.4 is 10.1 Å². The summed E-state index contributed by atoms with van der Waals surface area (Å²) in [6.07, 6.45) is 6.06. The standard InChI is InChI=1S/C26H33ClN2O3/c1-3-24(26(31)28-22-10-5-4-6-11-22)29(17-20-9-7-8-19(2)16-20)25(30)18-32-23-14-12-21(27)13-15-23/h7-9,12-16,22,24H,3-6,10-11,17-18H2,1-2H3,(H,28,31). The molecule has 5 nitrogen and oxygen atoms in total. The average Bonchev–Trinajstić information content (AvgIpc) is 2.79. The van der Waals surface area contributed by atoms with Crippen molar-refractivity contribution in [3.05, 3.63) is 64.7 Å². The van der Waals surface area contributed by atoms with Crippen LogP contribution in [0, 0.1) is 6.92 Å². The van der Waals surface area contributed by atoms with Crippen LogP contribution in [-0.2, 0) is 16.1 Å². The number of aryl methyl sites for hydroxylation is 1. The minimum atomic E-state index is -0.543. The van der Waals surface area contributed by atoms with Gasteiger partial charge in [-0.3, -0.25) is 9.59 Å². The van der Waals surface area contributed by atoms with Gasteiger partial charge in [0, 0.05) is 17.6 Å². The highest BCUT2D eigenvalue weighted by Gasteiger charge is 2.30. The normalized spacial score (nSPS) is 15.1. The number of hydrogen-bond donors (Lipinski definition) is 1. The Labute approximate surface area is 196 Å². The van der Waals surface area contributed by atoms with Crippen molar-refractivity contribution in [2.45, 2.75) is 71.0 Å². The number of hydrogen-bond acceptors (Lipinski definition) is 3. The van der Waals surface area contributed by atoms with E-state index in [0.717, 1.165) is 36.8 Å². The van der Waals surface area contributed by atoms with Crippen molar-refractivity contribution in [2.75, 3.05) is 6.61 Å². The minimum absolute atomic E-state index is 0.0769. The number of ether oxygens (including phenoxy) is 1. The lowest BCUT2D eigenvalue weighted by Gasteiger charge is -2.32. The molecular weight excluding hydrogens is 424 g/mol.